The van der Waals surface area contributed by atoms with Gasteiger partial charge >= 0.3 is 0 Å². The predicted octanol–water partition coefficient (Wildman–Crippen LogP) is 6.45. The summed E-state index contributed by atoms with van der Waals surface area (Å²) in [5.74, 6) is 0.0108. The molecule has 1 aromatic carbocycles. The summed E-state index contributed by atoms with van der Waals surface area (Å²) in [6.07, 6.45) is 7.38. The zero-order chi connectivity index (χ0) is 25.4. The number of benzene rings is 1. The molecule has 2 aliphatic rings. The third kappa shape index (κ3) is 4.41. The van der Waals surface area contributed by atoms with Crippen molar-refractivity contribution in [1.82, 2.24) is 14.9 Å². The Labute approximate surface area is 219 Å². The Bertz CT molecular complexity index is 1280. The molecule has 2 aromatic heterocycles. The first-order valence-corrected chi connectivity index (χ1v) is 13.4. The Morgan fingerprint density at radius 1 is 1.14 bits per heavy atom. The molecule has 188 valence electrons. The summed E-state index contributed by atoms with van der Waals surface area (Å²) in [6, 6.07) is 15.0. The maximum Gasteiger partial charge on any atom is 0.224 e. The molecule has 1 saturated heterocycles. The van der Waals surface area contributed by atoms with Crippen molar-refractivity contribution < 1.29 is 4.79 Å². The summed E-state index contributed by atoms with van der Waals surface area (Å²) in [4.78, 5) is 18.9. The molecule has 2 N–H and O–H groups in total. The van der Waals surface area contributed by atoms with Crippen LogP contribution in [0.5, 0.6) is 0 Å². The normalized spacial score (nSPS) is 20.1. The quantitative estimate of drug-likeness (QED) is 0.380. The molecule has 3 heterocycles. The van der Waals surface area contributed by atoms with Gasteiger partial charge in [0.05, 0.1) is 17.8 Å². The highest BCUT2D eigenvalue weighted by atomic mass is 32.1. The van der Waals surface area contributed by atoms with Crippen molar-refractivity contribution in [1.29, 1.82) is 0 Å². The van der Waals surface area contributed by atoms with Gasteiger partial charge in [-0.1, -0.05) is 25.8 Å². The van der Waals surface area contributed by atoms with E-state index >= 15 is 0 Å². The number of thiocarbonyl (C=S) groups is 1. The number of amides is 1. The lowest BCUT2D eigenvalue weighted by Crippen LogP contribution is -2.29. The molecule has 1 saturated carbocycles. The molecule has 36 heavy (non-hydrogen) atoms. The van der Waals surface area contributed by atoms with Crippen LogP contribution in [-0.2, 0) is 4.79 Å². The highest BCUT2D eigenvalue weighted by Crippen LogP contribution is 2.45. The van der Waals surface area contributed by atoms with Gasteiger partial charge in [-0.3, -0.25) is 9.78 Å². The van der Waals surface area contributed by atoms with Crippen molar-refractivity contribution in [2.24, 2.45) is 0 Å². The van der Waals surface area contributed by atoms with Crippen LogP contribution in [0, 0.1) is 20.8 Å². The predicted molar refractivity (Wildman–Crippen MR) is 149 cm³/mol. The zero-order valence-corrected chi connectivity index (χ0v) is 22.4. The van der Waals surface area contributed by atoms with E-state index in [2.05, 4.69) is 58.2 Å². The van der Waals surface area contributed by atoms with Crippen molar-refractivity contribution in [2.45, 2.75) is 77.9 Å². The standard InChI is InChI=1S/C29H35N5OS/c1-5-26(35)31-24-14-13-22(16-18(24)2)34-28(27(32-29(34)36)25-12-8-9-15-30-25)23-17-19(3)33(20(23)4)21-10-6-7-11-21/h8-9,12-17,21,27-28H,5-7,10-11H2,1-4H3,(H,31,35)(H,32,36)/t27-,28+/m0/s1. The van der Waals surface area contributed by atoms with E-state index in [0.717, 1.165) is 22.6 Å². The number of rotatable bonds is 6. The van der Waals surface area contributed by atoms with Crippen LogP contribution in [0.1, 0.15) is 85.4 Å². The zero-order valence-electron chi connectivity index (χ0n) is 21.5. The Morgan fingerprint density at radius 3 is 2.58 bits per heavy atom. The fraction of sp³-hybridized carbons (Fsp3) is 0.414. The number of pyridine rings is 1. The van der Waals surface area contributed by atoms with E-state index in [4.69, 9.17) is 17.2 Å². The third-order valence-corrected chi connectivity index (χ3v) is 8.03. The summed E-state index contributed by atoms with van der Waals surface area (Å²) < 4.78 is 2.55. The topological polar surface area (TPSA) is 62.2 Å². The molecule has 7 heteroatoms. The molecular formula is C29H35N5OS. The molecule has 2 fully saturated rings. The van der Waals surface area contributed by atoms with Crippen LogP contribution in [0.25, 0.3) is 0 Å². The molecule has 6 nitrogen and oxygen atoms in total. The van der Waals surface area contributed by atoms with Crippen LogP contribution in [0.3, 0.4) is 0 Å². The van der Waals surface area contributed by atoms with Gasteiger partial charge in [0.2, 0.25) is 5.91 Å². The second-order valence-electron chi connectivity index (χ2n) is 10.0. The lowest BCUT2D eigenvalue weighted by Gasteiger charge is -2.29. The minimum atomic E-state index is -0.0731. The summed E-state index contributed by atoms with van der Waals surface area (Å²) in [7, 11) is 0. The van der Waals surface area contributed by atoms with Crippen molar-refractivity contribution in [3.8, 4) is 0 Å². The molecule has 3 aromatic rings. The summed E-state index contributed by atoms with van der Waals surface area (Å²) in [5.41, 5.74) is 7.72. The highest BCUT2D eigenvalue weighted by molar-refractivity contribution is 7.80. The first-order valence-electron chi connectivity index (χ1n) is 13.0. The minimum absolute atomic E-state index is 0.0108. The maximum absolute atomic E-state index is 12.0. The van der Waals surface area contributed by atoms with Gasteiger partial charge in [-0.05, 0) is 93.4 Å². The summed E-state index contributed by atoms with van der Waals surface area (Å²) in [6.45, 7) is 8.37. The fourth-order valence-corrected chi connectivity index (χ4v) is 6.30. The summed E-state index contributed by atoms with van der Waals surface area (Å²) in [5, 5.41) is 7.27. The van der Waals surface area contributed by atoms with Crippen LogP contribution in [0.4, 0.5) is 11.4 Å². The number of anilines is 2. The van der Waals surface area contributed by atoms with Gasteiger partial charge in [-0.25, -0.2) is 0 Å². The molecule has 0 spiro atoms. The van der Waals surface area contributed by atoms with E-state index in [9.17, 15) is 4.79 Å². The smallest absolute Gasteiger partial charge is 0.224 e. The molecule has 1 amide bonds. The van der Waals surface area contributed by atoms with Crippen LogP contribution in [0.2, 0.25) is 0 Å². The van der Waals surface area contributed by atoms with Crippen molar-refractivity contribution in [2.75, 3.05) is 10.2 Å². The molecule has 0 unspecified atom stereocenters. The van der Waals surface area contributed by atoms with Gasteiger partial charge in [0, 0.05) is 41.4 Å². The third-order valence-electron chi connectivity index (χ3n) is 7.71. The molecule has 0 bridgehead atoms. The number of nitrogens with zero attached hydrogens (tertiary/aromatic N) is 3. The van der Waals surface area contributed by atoms with Crippen LogP contribution in [0.15, 0.2) is 48.7 Å². The first kappa shape index (κ1) is 24.5. The Balaban J connectivity index is 1.60. The lowest BCUT2D eigenvalue weighted by atomic mass is 9.96. The van der Waals surface area contributed by atoms with Crippen LogP contribution >= 0.6 is 12.2 Å². The average Bonchev–Trinajstić information content (AvgIpc) is 3.58. The molecule has 1 aliphatic carbocycles. The molecule has 1 aliphatic heterocycles. The van der Waals surface area contributed by atoms with E-state index in [1.54, 1.807) is 0 Å². The van der Waals surface area contributed by atoms with Crippen molar-refractivity contribution >= 4 is 34.6 Å². The second-order valence-corrected chi connectivity index (χ2v) is 10.4. The monoisotopic (exact) mass is 501 g/mol. The van der Waals surface area contributed by atoms with Gasteiger partial charge < -0.3 is 20.1 Å². The van der Waals surface area contributed by atoms with Gasteiger partial charge in [0.1, 0.15) is 0 Å². The molecular weight excluding hydrogens is 466 g/mol. The first-order chi connectivity index (χ1) is 17.4. The number of aromatic nitrogens is 2. The molecule has 0 radical (unpaired) electrons. The Kier molecular flexibility index (Phi) is 6.84. The number of hydrogen-bond acceptors (Lipinski definition) is 3. The SMILES string of the molecule is CCC(=O)Nc1ccc(N2C(=S)N[C@@H](c3ccccn3)[C@H]2c2cc(C)n(C3CCCC3)c2C)cc1C. The lowest BCUT2D eigenvalue weighted by molar-refractivity contribution is -0.115. The molecule has 5 rings (SSSR count). The van der Waals surface area contributed by atoms with Crippen LogP contribution < -0.4 is 15.5 Å². The summed E-state index contributed by atoms with van der Waals surface area (Å²) >= 11 is 5.94. The average molecular weight is 502 g/mol. The van der Waals surface area contributed by atoms with E-state index in [-0.39, 0.29) is 18.0 Å². The van der Waals surface area contributed by atoms with Gasteiger partial charge in [-0.15, -0.1) is 0 Å². The number of carbonyl (C=O) groups is 1. The van der Waals surface area contributed by atoms with Gasteiger partial charge in [0.15, 0.2) is 5.11 Å². The van der Waals surface area contributed by atoms with Crippen molar-refractivity contribution in [3.63, 3.8) is 0 Å². The number of nitrogens with one attached hydrogen (secondary N) is 2. The number of aryl methyl sites for hydroxylation is 2. The highest BCUT2D eigenvalue weighted by Gasteiger charge is 2.42. The maximum atomic E-state index is 12.0. The van der Waals surface area contributed by atoms with E-state index in [1.165, 1.54) is 42.6 Å². The van der Waals surface area contributed by atoms with Crippen molar-refractivity contribution in [3.05, 3.63) is 76.9 Å². The van der Waals surface area contributed by atoms with E-state index < -0.39 is 0 Å². The minimum Gasteiger partial charge on any atom is -0.351 e. The Morgan fingerprint density at radius 2 is 1.92 bits per heavy atom. The van der Waals surface area contributed by atoms with Gasteiger partial charge in [-0.2, -0.15) is 0 Å². The van der Waals surface area contributed by atoms with E-state index in [1.807, 2.05) is 38.2 Å². The largest absolute Gasteiger partial charge is 0.351 e. The number of carbonyl (C=O) groups excluding carboxylic acids is 1. The van der Waals surface area contributed by atoms with Crippen LogP contribution in [-0.4, -0.2) is 20.6 Å². The fourth-order valence-electron chi connectivity index (χ4n) is 5.95. The number of hydrogen-bond donors (Lipinski definition) is 2. The Hall–Kier alpha value is -3.19. The molecule has 2 atom stereocenters. The second kappa shape index (κ2) is 10.1. The van der Waals surface area contributed by atoms with Gasteiger partial charge in [0.25, 0.3) is 0 Å². The van der Waals surface area contributed by atoms with E-state index in [0.29, 0.717) is 17.6 Å².